The molecule has 2 amide bonds. The lowest BCUT2D eigenvalue weighted by Gasteiger charge is -2.43. The standard InChI is InChI=1S/C84H74N2O9P2/c1-54-45-56(3)78(72(47-54)94-80(89)64-35-21-25-39-74(64)96(60-27-13-9-14-28-60)61-29-15-10-16-30-61)82(5,6)51-76(87)85-58-41-43-67-70(49-58)93-71-50-59(42-44-68(71)84(67)66-37-23-24-38-69(66)91-53-92-84)86-77(88)52-83(7,8)79-57(4)46-55(2)48-73(79)95-81(90)65-36-22-26-40-75(65)97(62-31-17-11-18-32-62)63-33-19-12-20-34-63/h9-50H,51-53H2,1-8H3,(H,85,87)(H,86,88). The molecule has 0 atom stereocenters. The SMILES string of the molecule is Cc1cc(C)c(C(C)(C)CC(=O)Nc2ccc3c(c2)Oc2cc(NC(=O)CC(C)(C)c4c(C)cc(C)cc4OC(=O)c4ccccc4P(c4ccccc4)c4ccccc4)ccc2C32OCOc3ccccc32)c(OC(=O)c2ccccc2P(c2ccccc2)c2ccccc2)c1. The van der Waals surface area contributed by atoms with Gasteiger partial charge in [0.05, 0.1) is 11.1 Å². The van der Waals surface area contributed by atoms with Crippen LogP contribution >= 0.6 is 15.8 Å². The molecule has 11 aromatic carbocycles. The Bertz CT molecular complexity index is 4450. The average molecular weight is 1320 g/mol. The fourth-order valence-corrected chi connectivity index (χ4v) is 19.0. The van der Waals surface area contributed by atoms with Crippen molar-refractivity contribution in [2.45, 2.75) is 84.7 Å². The Hall–Kier alpha value is -10.3. The summed E-state index contributed by atoms with van der Waals surface area (Å²) in [5.74, 6) is 0.764. The van der Waals surface area contributed by atoms with Gasteiger partial charge in [0.2, 0.25) is 11.8 Å². The molecule has 2 aliphatic rings. The van der Waals surface area contributed by atoms with E-state index in [0.717, 1.165) is 70.8 Å². The topological polar surface area (TPSA) is 138 Å². The molecule has 484 valence electrons. The molecule has 11 nitrogen and oxygen atoms in total. The van der Waals surface area contributed by atoms with Gasteiger partial charge in [0.15, 0.2) is 12.4 Å². The number of hydrogen-bond acceptors (Lipinski definition) is 9. The quantitative estimate of drug-likeness (QED) is 0.0488. The zero-order chi connectivity index (χ0) is 67.6. The molecule has 2 heterocycles. The first-order chi connectivity index (χ1) is 46.8. The van der Waals surface area contributed by atoms with Crippen molar-refractivity contribution in [3.8, 4) is 28.7 Å². The Labute approximate surface area is 569 Å². The van der Waals surface area contributed by atoms with Gasteiger partial charge in [-0.2, -0.15) is 0 Å². The number of esters is 2. The number of carbonyl (C=O) groups is 4. The molecule has 0 unspecified atom stereocenters. The van der Waals surface area contributed by atoms with Crippen LogP contribution in [0.5, 0.6) is 28.7 Å². The summed E-state index contributed by atoms with van der Waals surface area (Å²) in [6.07, 6.45) is 0.0547. The lowest BCUT2D eigenvalue weighted by atomic mass is 9.76. The number of fused-ring (bicyclic) bond motifs is 6. The Morgan fingerprint density at radius 2 is 0.784 bits per heavy atom. The normalized spacial score (nSPS) is 12.9. The van der Waals surface area contributed by atoms with Gasteiger partial charge in [-0.3, -0.25) is 9.59 Å². The third kappa shape index (κ3) is 13.4. The molecule has 0 bridgehead atoms. The van der Waals surface area contributed by atoms with Crippen molar-refractivity contribution in [2.75, 3.05) is 17.4 Å². The maximum Gasteiger partial charge on any atom is 0.344 e. The smallest absolute Gasteiger partial charge is 0.344 e. The number of rotatable bonds is 18. The molecule has 2 N–H and O–H groups in total. The number of hydrogen-bond donors (Lipinski definition) is 2. The maximum absolute atomic E-state index is 14.7. The van der Waals surface area contributed by atoms with Crippen molar-refractivity contribution < 1.29 is 42.9 Å². The average Bonchev–Trinajstić information content (AvgIpc) is 0.950. The highest BCUT2D eigenvalue weighted by molar-refractivity contribution is 7.80. The van der Waals surface area contributed by atoms with E-state index < -0.39 is 44.2 Å². The largest absolute Gasteiger partial charge is 0.467 e. The highest BCUT2D eigenvalue weighted by atomic mass is 31.1. The Balaban J connectivity index is 0.749. The third-order valence-electron chi connectivity index (χ3n) is 17.9. The van der Waals surface area contributed by atoms with E-state index in [1.807, 2.05) is 250 Å². The molecule has 11 aromatic rings. The number of ether oxygens (including phenoxy) is 5. The van der Waals surface area contributed by atoms with E-state index in [2.05, 4.69) is 59.2 Å². The predicted molar refractivity (Wildman–Crippen MR) is 390 cm³/mol. The maximum atomic E-state index is 14.7. The minimum absolute atomic E-state index is 0.0274. The molecule has 1 spiro atoms. The summed E-state index contributed by atoms with van der Waals surface area (Å²) < 4.78 is 32.8. The summed E-state index contributed by atoms with van der Waals surface area (Å²) in [5, 5.41) is 12.5. The van der Waals surface area contributed by atoms with Gasteiger partial charge in [-0.15, -0.1) is 0 Å². The number of para-hydroxylation sites is 1. The van der Waals surface area contributed by atoms with E-state index in [9.17, 15) is 19.2 Å². The minimum Gasteiger partial charge on any atom is -0.467 e. The zero-order valence-electron chi connectivity index (χ0n) is 55.4. The summed E-state index contributed by atoms with van der Waals surface area (Å²) in [7, 11) is -2.25. The lowest BCUT2D eigenvalue weighted by molar-refractivity contribution is -0.118. The molecule has 0 aliphatic carbocycles. The van der Waals surface area contributed by atoms with Gasteiger partial charge in [-0.25, -0.2) is 9.59 Å². The van der Waals surface area contributed by atoms with Crippen LogP contribution in [0.15, 0.2) is 255 Å². The number of carbonyl (C=O) groups excluding carboxylic acids is 4. The highest BCUT2D eigenvalue weighted by Gasteiger charge is 2.49. The van der Waals surface area contributed by atoms with E-state index in [4.69, 9.17) is 23.7 Å². The van der Waals surface area contributed by atoms with Gasteiger partial charge in [0, 0.05) is 75.0 Å². The van der Waals surface area contributed by atoms with E-state index in [1.165, 1.54) is 0 Å². The van der Waals surface area contributed by atoms with Gasteiger partial charge in [0.1, 0.15) is 28.7 Å². The van der Waals surface area contributed by atoms with Crippen molar-refractivity contribution in [1.29, 1.82) is 0 Å². The third-order valence-corrected chi connectivity index (χ3v) is 22.9. The van der Waals surface area contributed by atoms with Gasteiger partial charge in [0.25, 0.3) is 0 Å². The van der Waals surface area contributed by atoms with Gasteiger partial charge < -0.3 is 34.3 Å². The van der Waals surface area contributed by atoms with Gasteiger partial charge in [-0.05, 0) is 152 Å². The van der Waals surface area contributed by atoms with Crippen LogP contribution in [-0.2, 0) is 30.8 Å². The summed E-state index contributed by atoms with van der Waals surface area (Å²) in [5.41, 5.74) is 6.24. The van der Waals surface area contributed by atoms with Crippen molar-refractivity contribution in [1.82, 2.24) is 0 Å². The summed E-state index contributed by atoms with van der Waals surface area (Å²) in [6, 6.07) is 83.0. The number of anilines is 2. The van der Waals surface area contributed by atoms with Crippen molar-refractivity contribution in [3.05, 3.63) is 316 Å². The summed E-state index contributed by atoms with van der Waals surface area (Å²) in [4.78, 5) is 58.7. The number of nitrogens with one attached hydrogen (secondary N) is 2. The van der Waals surface area contributed by atoms with Gasteiger partial charge in [-0.1, -0.05) is 216 Å². The van der Waals surface area contributed by atoms with Crippen LogP contribution < -0.4 is 61.4 Å². The molecule has 0 fully saturated rings. The molecule has 13 rings (SSSR count). The molecule has 0 saturated carbocycles. The Morgan fingerprint density at radius 1 is 0.423 bits per heavy atom. The van der Waals surface area contributed by atoms with Crippen LogP contribution in [0.25, 0.3) is 0 Å². The van der Waals surface area contributed by atoms with E-state index >= 15 is 0 Å². The van der Waals surface area contributed by atoms with E-state index in [1.54, 1.807) is 12.1 Å². The molecule has 2 aliphatic heterocycles. The fourth-order valence-electron chi connectivity index (χ4n) is 14.1. The molecule has 13 heteroatoms. The fraction of sp³-hybridized carbons (Fsp3) is 0.167. The van der Waals surface area contributed by atoms with Gasteiger partial charge >= 0.3 is 11.9 Å². The van der Waals surface area contributed by atoms with Crippen LogP contribution in [-0.4, -0.2) is 30.5 Å². The number of benzene rings is 11. The predicted octanol–water partition coefficient (Wildman–Crippen LogP) is 16.3. The van der Waals surface area contributed by atoms with Crippen LogP contribution in [0, 0.1) is 27.7 Å². The van der Waals surface area contributed by atoms with Crippen molar-refractivity contribution in [3.63, 3.8) is 0 Å². The summed E-state index contributed by atoms with van der Waals surface area (Å²) in [6.45, 7) is 15.8. The van der Waals surface area contributed by atoms with Crippen LogP contribution in [0.2, 0.25) is 0 Å². The highest BCUT2D eigenvalue weighted by Crippen LogP contribution is 2.57. The number of amides is 2. The van der Waals surface area contributed by atoms with Crippen molar-refractivity contribution >= 4 is 82.8 Å². The van der Waals surface area contributed by atoms with E-state index in [0.29, 0.717) is 62.4 Å². The van der Waals surface area contributed by atoms with Crippen LogP contribution in [0.4, 0.5) is 11.4 Å². The molecular weight excluding hydrogens is 1240 g/mol. The molecule has 0 radical (unpaired) electrons. The second-order valence-corrected chi connectivity index (χ2v) is 30.4. The monoisotopic (exact) mass is 1320 g/mol. The number of aryl methyl sites for hydroxylation is 4. The first kappa shape index (κ1) is 65.4. The molecular formula is C84H74N2O9P2. The van der Waals surface area contributed by atoms with E-state index in [-0.39, 0.29) is 31.4 Å². The molecule has 97 heavy (non-hydrogen) atoms. The Morgan fingerprint density at radius 3 is 1.20 bits per heavy atom. The summed E-state index contributed by atoms with van der Waals surface area (Å²) >= 11 is 0. The van der Waals surface area contributed by atoms with Crippen molar-refractivity contribution in [2.24, 2.45) is 0 Å². The van der Waals surface area contributed by atoms with Crippen LogP contribution in [0.3, 0.4) is 0 Å². The first-order valence-corrected chi connectivity index (χ1v) is 35.1. The van der Waals surface area contributed by atoms with Crippen LogP contribution in [0.1, 0.15) is 111 Å². The zero-order valence-corrected chi connectivity index (χ0v) is 57.2. The molecule has 0 saturated heterocycles. The molecule has 0 aromatic heterocycles. The first-order valence-electron chi connectivity index (χ1n) is 32.4. The lowest BCUT2D eigenvalue weighted by Crippen LogP contribution is -2.40. The minimum atomic E-state index is -1.21. The second-order valence-electron chi connectivity index (χ2n) is 26.1. The second kappa shape index (κ2) is 27.4. The Kier molecular flexibility index (Phi) is 18.5.